The van der Waals surface area contributed by atoms with Gasteiger partial charge in [0.05, 0.1) is 0 Å². The second kappa shape index (κ2) is 7.13. The number of aliphatic hydroxyl groups is 1. The van der Waals surface area contributed by atoms with E-state index in [-0.39, 0.29) is 44.3 Å². The van der Waals surface area contributed by atoms with Crippen LogP contribution in [0.5, 0.6) is 0 Å². The molecular formula is C12H13AlLiO. The fraction of sp³-hybridized carbons (Fsp3) is 0.167. The third-order valence-corrected chi connectivity index (χ3v) is 2.21. The van der Waals surface area contributed by atoms with E-state index in [9.17, 15) is 0 Å². The van der Waals surface area contributed by atoms with Crippen molar-refractivity contribution in [2.75, 3.05) is 6.61 Å². The summed E-state index contributed by atoms with van der Waals surface area (Å²) in [6.45, 7) is 0.221. The van der Waals surface area contributed by atoms with E-state index in [1.165, 1.54) is 16.3 Å². The van der Waals surface area contributed by atoms with Crippen LogP contribution in [-0.2, 0) is 6.42 Å². The maximum absolute atomic E-state index is 8.79. The van der Waals surface area contributed by atoms with Gasteiger partial charge in [0.25, 0.3) is 0 Å². The average molecular weight is 207 g/mol. The predicted molar refractivity (Wildman–Crippen MR) is 61.6 cm³/mol. The van der Waals surface area contributed by atoms with Gasteiger partial charge in [-0.1, -0.05) is 42.5 Å². The van der Waals surface area contributed by atoms with Gasteiger partial charge in [-0.05, 0) is 22.8 Å². The van der Waals surface area contributed by atoms with Gasteiger partial charge in [-0.25, -0.2) is 0 Å². The molecule has 1 nitrogen and oxygen atoms in total. The number of fused-ring (bicyclic) bond motifs is 1. The Kier molecular flexibility index (Phi) is 7.03. The van der Waals surface area contributed by atoms with Crippen LogP contribution in [0.25, 0.3) is 10.8 Å². The van der Waals surface area contributed by atoms with Gasteiger partial charge in [0.15, 0.2) is 0 Å². The molecular weight excluding hydrogens is 194 g/mol. The topological polar surface area (TPSA) is 20.2 Å². The molecule has 2 rings (SSSR count). The van der Waals surface area contributed by atoms with Crippen LogP contribution in [0.3, 0.4) is 0 Å². The Morgan fingerprint density at radius 2 is 1.67 bits per heavy atom. The molecule has 71 valence electrons. The summed E-state index contributed by atoms with van der Waals surface area (Å²) in [4.78, 5) is 0. The summed E-state index contributed by atoms with van der Waals surface area (Å²) in [5.41, 5.74) is 1.20. The Labute approximate surface area is 114 Å². The smallest absolute Gasteiger partial charge is 1.00 e. The quantitative estimate of drug-likeness (QED) is 0.633. The Hall–Kier alpha value is -0.210. The molecule has 0 atom stereocenters. The first-order valence-corrected chi connectivity index (χ1v) is 4.49. The van der Waals surface area contributed by atoms with Gasteiger partial charge < -0.3 is 6.53 Å². The van der Waals surface area contributed by atoms with E-state index < -0.39 is 0 Å². The van der Waals surface area contributed by atoms with E-state index in [2.05, 4.69) is 30.3 Å². The molecule has 2 aromatic rings. The van der Waals surface area contributed by atoms with Gasteiger partial charge in [-0.3, -0.25) is 0 Å². The Bertz CT molecular complexity index is 422. The van der Waals surface area contributed by atoms with E-state index in [0.29, 0.717) is 0 Å². The monoisotopic (exact) mass is 207 g/mol. The molecule has 0 spiro atoms. The standard InChI is InChI=1S/C12H12O.Al.Li.H/c13-8-7-10-5-6-11-3-1-2-4-12(11)9-10;;;/h1-6,9,13H,7-8H2;;;/q;;+1;-1. The van der Waals surface area contributed by atoms with Crippen LogP contribution in [0.4, 0.5) is 0 Å². The van der Waals surface area contributed by atoms with Gasteiger partial charge in [-0.15, -0.1) is 0 Å². The van der Waals surface area contributed by atoms with Gasteiger partial charge in [0.2, 0.25) is 0 Å². The summed E-state index contributed by atoms with van der Waals surface area (Å²) in [5, 5.41) is 11.3. The first kappa shape index (κ1) is 14.8. The largest absolute Gasteiger partial charge is 1.00 e. The number of benzene rings is 2. The van der Waals surface area contributed by atoms with Crippen LogP contribution in [0.2, 0.25) is 0 Å². The van der Waals surface area contributed by atoms with E-state index in [1.807, 2.05) is 12.1 Å². The van der Waals surface area contributed by atoms with E-state index in [0.717, 1.165) is 6.42 Å². The average Bonchev–Trinajstić information content (AvgIpc) is 2.18. The van der Waals surface area contributed by atoms with Crippen LogP contribution >= 0.6 is 0 Å². The van der Waals surface area contributed by atoms with Crippen molar-refractivity contribution in [3.63, 3.8) is 0 Å². The van der Waals surface area contributed by atoms with Gasteiger partial charge >= 0.3 is 18.9 Å². The third-order valence-electron chi connectivity index (χ3n) is 2.21. The molecule has 3 radical (unpaired) electrons. The van der Waals surface area contributed by atoms with Gasteiger partial charge in [0, 0.05) is 24.0 Å². The van der Waals surface area contributed by atoms with E-state index in [4.69, 9.17) is 5.11 Å². The first-order valence-electron chi connectivity index (χ1n) is 4.49. The zero-order valence-electron chi connectivity index (χ0n) is 9.98. The molecule has 2 aromatic carbocycles. The van der Waals surface area contributed by atoms with Crippen molar-refractivity contribution >= 4 is 28.1 Å². The van der Waals surface area contributed by atoms with Crippen molar-refractivity contribution in [3.8, 4) is 0 Å². The van der Waals surface area contributed by atoms with Crippen molar-refractivity contribution in [1.82, 2.24) is 0 Å². The maximum atomic E-state index is 8.79. The fourth-order valence-corrected chi connectivity index (χ4v) is 1.52. The third kappa shape index (κ3) is 3.69. The minimum absolute atomic E-state index is 0. The molecule has 0 saturated carbocycles. The van der Waals surface area contributed by atoms with Crippen molar-refractivity contribution in [2.45, 2.75) is 6.42 Å². The summed E-state index contributed by atoms with van der Waals surface area (Å²) >= 11 is 0. The molecule has 3 heteroatoms. The van der Waals surface area contributed by atoms with E-state index >= 15 is 0 Å². The van der Waals surface area contributed by atoms with Crippen molar-refractivity contribution < 1.29 is 25.4 Å². The second-order valence-corrected chi connectivity index (χ2v) is 3.16. The fourth-order valence-electron chi connectivity index (χ4n) is 1.52. The van der Waals surface area contributed by atoms with Crippen molar-refractivity contribution in [1.29, 1.82) is 0 Å². The molecule has 0 aliphatic carbocycles. The molecule has 0 heterocycles. The second-order valence-electron chi connectivity index (χ2n) is 3.16. The van der Waals surface area contributed by atoms with Crippen molar-refractivity contribution in [2.24, 2.45) is 0 Å². The minimum atomic E-state index is 0. The summed E-state index contributed by atoms with van der Waals surface area (Å²) in [6.07, 6.45) is 0.741. The number of hydrogen-bond acceptors (Lipinski definition) is 1. The Morgan fingerprint density at radius 3 is 2.33 bits per heavy atom. The van der Waals surface area contributed by atoms with Crippen LogP contribution in [0.15, 0.2) is 42.5 Å². The van der Waals surface area contributed by atoms with Crippen molar-refractivity contribution in [3.05, 3.63) is 48.0 Å². The molecule has 0 bridgehead atoms. The van der Waals surface area contributed by atoms with Crippen LogP contribution in [0.1, 0.15) is 6.99 Å². The molecule has 0 fully saturated rings. The number of rotatable bonds is 2. The number of hydrogen-bond donors (Lipinski definition) is 1. The molecule has 0 unspecified atom stereocenters. The molecule has 0 aliphatic heterocycles. The SMILES string of the molecule is OCCc1ccc2ccccc2c1.[Al].[H-].[Li+]. The summed E-state index contributed by atoms with van der Waals surface area (Å²) in [5.74, 6) is 0. The molecule has 0 amide bonds. The zero-order chi connectivity index (χ0) is 9.10. The molecule has 0 saturated heterocycles. The molecule has 1 N–H and O–H groups in total. The number of aliphatic hydroxyl groups excluding tert-OH is 1. The predicted octanol–water partition coefficient (Wildman–Crippen LogP) is -0.890. The van der Waals surface area contributed by atoms with Crippen LogP contribution in [-0.4, -0.2) is 29.1 Å². The maximum Gasteiger partial charge on any atom is 1.00 e. The molecule has 15 heavy (non-hydrogen) atoms. The minimum Gasteiger partial charge on any atom is -1.00 e. The summed E-state index contributed by atoms with van der Waals surface area (Å²) in [6, 6.07) is 14.6. The van der Waals surface area contributed by atoms with E-state index in [1.54, 1.807) is 0 Å². The normalized spacial score (nSPS) is 9.13. The first-order chi connectivity index (χ1) is 6.40. The summed E-state index contributed by atoms with van der Waals surface area (Å²) in [7, 11) is 0. The summed E-state index contributed by atoms with van der Waals surface area (Å²) < 4.78 is 0. The molecule has 0 aromatic heterocycles. The van der Waals surface area contributed by atoms with Gasteiger partial charge in [0.1, 0.15) is 0 Å². The Morgan fingerprint density at radius 1 is 1.00 bits per heavy atom. The van der Waals surface area contributed by atoms with Crippen LogP contribution < -0.4 is 18.9 Å². The molecule has 0 aliphatic rings. The van der Waals surface area contributed by atoms with Gasteiger partial charge in [-0.2, -0.15) is 0 Å². The van der Waals surface area contributed by atoms with Crippen LogP contribution in [0, 0.1) is 0 Å². The zero-order valence-corrected chi connectivity index (χ0v) is 10.1. The Balaban J connectivity index is 0.